The summed E-state index contributed by atoms with van der Waals surface area (Å²) in [6.07, 6.45) is 4.44. The van der Waals surface area contributed by atoms with Crippen molar-refractivity contribution in [3.05, 3.63) is 0 Å². The molecule has 2 atom stereocenters. The molecular weight excluding hydrogens is 200 g/mol. The van der Waals surface area contributed by atoms with Gasteiger partial charge in [0.1, 0.15) is 0 Å². The minimum absolute atomic E-state index is 0.340. The van der Waals surface area contributed by atoms with Crippen LogP contribution in [-0.4, -0.2) is 36.5 Å². The van der Waals surface area contributed by atoms with Gasteiger partial charge >= 0.3 is 0 Å². The summed E-state index contributed by atoms with van der Waals surface area (Å²) in [5, 5.41) is 3.40. The van der Waals surface area contributed by atoms with Crippen LogP contribution in [0.4, 0.5) is 0 Å². The van der Waals surface area contributed by atoms with Crippen LogP contribution in [0.2, 0.25) is 0 Å². The Balaban J connectivity index is 1.67. The second-order valence-corrected chi connectivity index (χ2v) is 5.56. The lowest BCUT2D eigenvalue weighted by atomic mass is 9.88. The summed E-state index contributed by atoms with van der Waals surface area (Å²) in [6.45, 7) is 7.34. The number of nitrogens with zero attached hydrogens (tertiary/aromatic N) is 1. The van der Waals surface area contributed by atoms with Gasteiger partial charge in [-0.3, -0.25) is 4.79 Å². The van der Waals surface area contributed by atoms with Gasteiger partial charge in [0.15, 0.2) is 0 Å². The van der Waals surface area contributed by atoms with Gasteiger partial charge in [-0.25, -0.2) is 0 Å². The largest absolute Gasteiger partial charge is 0.342 e. The molecular formula is C13H24N2O. The van der Waals surface area contributed by atoms with Crippen molar-refractivity contribution in [3.8, 4) is 0 Å². The van der Waals surface area contributed by atoms with Crippen molar-refractivity contribution >= 4 is 5.91 Å². The summed E-state index contributed by atoms with van der Waals surface area (Å²) in [5.74, 6) is 1.77. The fraction of sp³-hybridized carbons (Fsp3) is 0.923. The predicted molar refractivity (Wildman–Crippen MR) is 65.2 cm³/mol. The zero-order valence-electron chi connectivity index (χ0n) is 10.5. The topological polar surface area (TPSA) is 32.3 Å². The third kappa shape index (κ3) is 3.21. The van der Waals surface area contributed by atoms with Gasteiger partial charge in [-0.1, -0.05) is 13.8 Å². The van der Waals surface area contributed by atoms with Crippen LogP contribution < -0.4 is 5.32 Å². The van der Waals surface area contributed by atoms with Crippen LogP contribution in [-0.2, 0) is 4.79 Å². The third-order valence-electron chi connectivity index (χ3n) is 4.04. The van der Waals surface area contributed by atoms with Gasteiger partial charge < -0.3 is 10.2 Å². The van der Waals surface area contributed by atoms with Crippen LogP contribution in [0.1, 0.15) is 39.5 Å². The predicted octanol–water partition coefficient (Wildman–Crippen LogP) is 1.63. The van der Waals surface area contributed by atoms with Gasteiger partial charge in [0.05, 0.1) is 0 Å². The molecule has 1 aliphatic heterocycles. The van der Waals surface area contributed by atoms with Crippen molar-refractivity contribution in [1.29, 1.82) is 0 Å². The van der Waals surface area contributed by atoms with Crippen molar-refractivity contribution < 1.29 is 4.79 Å². The van der Waals surface area contributed by atoms with E-state index in [0.717, 1.165) is 25.6 Å². The first-order chi connectivity index (χ1) is 7.66. The molecule has 3 heteroatoms. The number of amides is 1. The number of hydrogen-bond donors (Lipinski definition) is 1. The Morgan fingerprint density at radius 2 is 2.00 bits per heavy atom. The molecule has 0 bridgehead atoms. The quantitative estimate of drug-likeness (QED) is 0.787. The molecule has 1 saturated carbocycles. The minimum atomic E-state index is 0.340. The molecule has 16 heavy (non-hydrogen) atoms. The summed E-state index contributed by atoms with van der Waals surface area (Å²) < 4.78 is 0. The number of carbonyl (C=O) groups excluding carboxylic acids is 1. The maximum absolute atomic E-state index is 11.9. The van der Waals surface area contributed by atoms with Gasteiger partial charge in [0.2, 0.25) is 5.91 Å². The molecule has 1 N–H and O–H groups in total. The van der Waals surface area contributed by atoms with Crippen molar-refractivity contribution in [2.75, 3.05) is 19.6 Å². The highest BCUT2D eigenvalue weighted by Gasteiger charge is 2.26. The van der Waals surface area contributed by atoms with Gasteiger partial charge in [-0.05, 0) is 31.1 Å². The van der Waals surface area contributed by atoms with Crippen LogP contribution in [0.5, 0.6) is 0 Å². The highest BCUT2D eigenvalue weighted by molar-refractivity contribution is 5.76. The molecule has 1 aliphatic carbocycles. The van der Waals surface area contributed by atoms with Gasteiger partial charge in [0.25, 0.3) is 0 Å². The summed E-state index contributed by atoms with van der Waals surface area (Å²) in [4.78, 5) is 14.0. The molecule has 1 heterocycles. The van der Waals surface area contributed by atoms with Crippen LogP contribution in [0.3, 0.4) is 0 Å². The second-order valence-electron chi connectivity index (χ2n) is 5.56. The van der Waals surface area contributed by atoms with E-state index < -0.39 is 0 Å². The summed E-state index contributed by atoms with van der Waals surface area (Å²) in [6, 6.07) is 0.716. The lowest BCUT2D eigenvalue weighted by Crippen LogP contribution is -2.43. The van der Waals surface area contributed by atoms with Crippen molar-refractivity contribution in [2.45, 2.75) is 45.6 Å². The van der Waals surface area contributed by atoms with Crippen LogP contribution in [0.15, 0.2) is 0 Å². The van der Waals surface area contributed by atoms with Crippen LogP contribution in [0.25, 0.3) is 0 Å². The lowest BCUT2D eigenvalue weighted by Gasteiger charge is -2.35. The molecule has 0 aromatic rings. The average Bonchev–Trinajstić information content (AvgIpc) is 3.06. The molecule has 0 radical (unpaired) electrons. The Hall–Kier alpha value is -0.570. The number of carbonyl (C=O) groups is 1. The molecule has 1 amide bonds. The monoisotopic (exact) mass is 224 g/mol. The SMILES string of the molecule is CC1CCN(C(=O)CCNC2CC2)CC1C. The Bertz CT molecular complexity index is 250. The molecule has 0 aromatic carbocycles. The molecule has 92 valence electrons. The van der Waals surface area contributed by atoms with E-state index in [4.69, 9.17) is 0 Å². The zero-order valence-corrected chi connectivity index (χ0v) is 10.5. The van der Waals surface area contributed by atoms with Crippen molar-refractivity contribution in [1.82, 2.24) is 10.2 Å². The summed E-state index contributed by atoms with van der Waals surface area (Å²) >= 11 is 0. The van der Waals surface area contributed by atoms with E-state index in [2.05, 4.69) is 24.1 Å². The van der Waals surface area contributed by atoms with E-state index >= 15 is 0 Å². The van der Waals surface area contributed by atoms with Crippen molar-refractivity contribution in [2.24, 2.45) is 11.8 Å². The molecule has 0 aromatic heterocycles. The van der Waals surface area contributed by atoms with Gasteiger partial charge in [-0.2, -0.15) is 0 Å². The zero-order chi connectivity index (χ0) is 11.5. The van der Waals surface area contributed by atoms with Crippen LogP contribution >= 0.6 is 0 Å². The maximum Gasteiger partial charge on any atom is 0.223 e. The second kappa shape index (κ2) is 5.17. The fourth-order valence-corrected chi connectivity index (χ4v) is 2.32. The number of nitrogens with one attached hydrogen (secondary N) is 1. The maximum atomic E-state index is 11.9. The minimum Gasteiger partial charge on any atom is -0.342 e. The molecule has 1 saturated heterocycles. The van der Waals surface area contributed by atoms with Crippen LogP contribution in [0, 0.1) is 11.8 Å². The van der Waals surface area contributed by atoms with Crippen molar-refractivity contribution in [3.63, 3.8) is 0 Å². The van der Waals surface area contributed by atoms with E-state index in [9.17, 15) is 4.79 Å². The molecule has 0 spiro atoms. The molecule has 3 nitrogen and oxygen atoms in total. The highest BCUT2D eigenvalue weighted by atomic mass is 16.2. The summed E-state index contributed by atoms with van der Waals surface area (Å²) in [7, 11) is 0. The highest BCUT2D eigenvalue weighted by Crippen LogP contribution is 2.23. The third-order valence-corrected chi connectivity index (χ3v) is 4.04. The van der Waals surface area contributed by atoms with E-state index in [1.165, 1.54) is 19.3 Å². The van der Waals surface area contributed by atoms with E-state index in [1.807, 2.05) is 0 Å². The number of piperidine rings is 1. The first-order valence-corrected chi connectivity index (χ1v) is 6.68. The molecule has 2 unspecified atom stereocenters. The fourth-order valence-electron chi connectivity index (χ4n) is 2.32. The number of rotatable bonds is 4. The summed E-state index contributed by atoms with van der Waals surface area (Å²) in [5.41, 5.74) is 0. The average molecular weight is 224 g/mol. The Morgan fingerprint density at radius 3 is 2.62 bits per heavy atom. The standard InChI is InChI=1S/C13H24N2O/c1-10-6-8-15(9-11(10)2)13(16)5-7-14-12-3-4-12/h10-12,14H,3-9H2,1-2H3. The van der Waals surface area contributed by atoms with E-state index in [-0.39, 0.29) is 0 Å². The normalized spacial score (nSPS) is 30.5. The Labute approximate surface area is 98.6 Å². The van der Waals surface area contributed by atoms with E-state index in [0.29, 0.717) is 24.3 Å². The number of likely N-dealkylation sites (tertiary alicyclic amines) is 1. The molecule has 2 fully saturated rings. The first-order valence-electron chi connectivity index (χ1n) is 6.68. The first kappa shape index (κ1) is 11.9. The van der Waals surface area contributed by atoms with E-state index in [1.54, 1.807) is 0 Å². The molecule has 2 aliphatic rings. The smallest absolute Gasteiger partial charge is 0.223 e. The number of hydrogen-bond acceptors (Lipinski definition) is 2. The Kier molecular flexibility index (Phi) is 3.85. The van der Waals surface area contributed by atoms with Gasteiger partial charge in [-0.15, -0.1) is 0 Å². The van der Waals surface area contributed by atoms with Gasteiger partial charge in [0, 0.05) is 32.1 Å². The lowest BCUT2D eigenvalue weighted by molar-refractivity contribution is -0.133. The Morgan fingerprint density at radius 1 is 1.25 bits per heavy atom. The molecule has 2 rings (SSSR count).